The molecule has 0 atom stereocenters. The van der Waals surface area contributed by atoms with Crippen LogP contribution in [0.5, 0.6) is 5.75 Å². The van der Waals surface area contributed by atoms with Gasteiger partial charge < -0.3 is 10.1 Å². The van der Waals surface area contributed by atoms with Gasteiger partial charge in [-0.2, -0.15) is 0 Å². The molecule has 100 valence electrons. The number of hydrogen-bond acceptors (Lipinski definition) is 3. The Morgan fingerprint density at radius 2 is 2.16 bits per heavy atom. The number of hydrogen-bond donors (Lipinski definition) is 1. The number of benzene rings is 1. The van der Waals surface area contributed by atoms with Crippen LogP contribution >= 0.6 is 0 Å². The van der Waals surface area contributed by atoms with Gasteiger partial charge in [-0.15, -0.1) is 0 Å². The smallest absolute Gasteiger partial charge is 0.126 e. The minimum atomic E-state index is -0.297. The van der Waals surface area contributed by atoms with Gasteiger partial charge in [0.1, 0.15) is 24.0 Å². The summed E-state index contributed by atoms with van der Waals surface area (Å²) in [6.45, 7) is 3.39. The van der Waals surface area contributed by atoms with E-state index in [9.17, 15) is 4.39 Å². The molecule has 1 aromatic carbocycles. The van der Waals surface area contributed by atoms with Crippen LogP contribution in [0.25, 0.3) is 0 Å². The normalized spacial score (nSPS) is 10.2. The van der Waals surface area contributed by atoms with Gasteiger partial charge in [-0.3, -0.25) is 0 Å². The highest BCUT2D eigenvalue weighted by Gasteiger charge is 1.99. The Bertz CT molecular complexity index is 514. The first-order valence-electron chi connectivity index (χ1n) is 6.35. The largest absolute Gasteiger partial charge is 0.489 e. The van der Waals surface area contributed by atoms with Gasteiger partial charge in [0.15, 0.2) is 0 Å². The standard InChI is InChI=1S/C15H17FN2O/c1-2-8-17-15-7-6-12(10-18-15)11-19-14-5-3-4-13(16)9-14/h3-7,9-10H,2,8,11H2,1H3,(H,17,18). The average molecular weight is 260 g/mol. The zero-order valence-corrected chi connectivity index (χ0v) is 10.9. The van der Waals surface area contributed by atoms with Crippen LogP contribution in [0.3, 0.4) is 0 Å². The second-order valence-corrected chi connectivity index (χ2v) is 4.22. The van der Waals surface area contributed by atoms with Gasteiger partial charge in [0.2, 0.25) is 0 Å². The lowest BCUT2D eigenvalue weighted by Crippen LogP contribution is -2.02. The van der Waals surface area contributed by atoms with E-state index in [4.69, 9.17) is 4.74 Å². The molecule has 0 spiro atoms. The van der Waals surface area contributed by atoms with E-state index in [0.717, 1.165) is 24.3 Å². The lowest BCUT2D eigenvalue weighted by atomic mass is 10.3. The predicted octanol–water partition coefficient (Wildman–Crippen LogP) is 3.62. The van der Waals surface area contributed by atoms with Crippen molar-refractivity contribution < 1.29 is 9.13 Å². The first-order valence-corrected chi connectivity index (χ1v) is 6.35. The summed E-state index contributed by atoms with van der Waals surface area (Å²) in [5, 5.41) is 3.20. The van der Waals surface area contributed by atoms with Crippen LogP contribution in [0.2, 0.25) is 0 Å². The minimum Gasteiger partial charge on any atom is -0.489 e. The molecule has 0 amide bonds. The third-order valence-corrected chi connectivity index (χ3v) is 2.58. The maximum absolute atomic E-state index is 13.0. The number of aromatic nitrogens is 1. The van der Waals surface area contributed by atoms with Gasteiger partial charge in [0.05, 0.1) is 0 Å². The Labute approximate surface area is 112 Å². The van der Waals surface area contributed by atoms with Crippen molar-refractivity contribution >= 4 is 5.82 Å². The fourth-order valence-electron chi connectivity index (χ4n) is 1.59. The van der Waals surface area contributed by atoms with Crippen molar-refractivity contribution in [2.45, 2.75) is 20.0 Å². The number of halogens is 1. The minimum absolute atomic E-state index is 0.297. The number of nitrogens with one attached hydrogen (secondary N) is 1. The van der Waals surface area contributed by atoms with Crippen LogP contribution in [0, 0.1) is 5.82 Å². The Hall–Kier alpha value is -2.10. The van der Waals surface area contributed by atoms with E-state index in [1.54, 1.807) is 18.3 Å². The summed E-state index contributed by atoms with van der Waals surface area (Å²) in [5.41, 5.74) is 0.950. The molecular formula is C15H17FN2O. The van der Waals surface area contributed by atoms with Crippen LogP contribution < -0.4 is 10.1 Å². The quantitative estimate of drug-likeness (QED) is 0.861. The molecule has 0 saturated carbocycles. The Kier molecular flexibility index (Phi) is 4.72. The SMILES string of the molecule is CCCNc1ccc(COc2cccc(F)c2)cn1. The second kappa shape index (κ2) is 6.73. The molecule has 2 aromatic rings. The molecule has 1 heterocycles. The summed E-state index contributed by atoms with van der Waals surface area (Å²) in [6.07, 6.45) is 2.82. The molecule has 0 fully saturated rings. The van der Waals surface area contributed by atoms with Crippen molar-refractivity contribution in [2.75, 3.05) is 11.9 Å². The van der Waals surface area contributed by atoms with Crippen LogP contribution in [0.15, 0.2) is 42.6 Å². The molecule has 0 aliphatic carbocycles. The van der Waals surface area contributed by atoms with Gasteiger partial charge in [-0.05, 0) is 24.6 Å². The van der Waals surface area contributed by atoms with Crippen molar-refractivity contribution in [3.05, 3.63) is 54.0 Å². The lowest BCUT2D eigenvalue weighted by Gasteiger charge is -2.07. The number of ether oxygens (including phenoxy) is 1. The van der Waals surface area contributed by atoms with Gasteiger partial charge in [0.25, 0.3) is 0 Å². The molecule has 0 bridgehead atoms. The van der Waals surface area contributed by atoms with E-state index in [1.807, 2.05) is 12.1 Å². The number of nitrogens with zero attached hydrogens (tertiary/aromatic N) is 1. The Morgan fingerprint density at radius 3 is 2.84 bits per heavy atom. The van der Waals surface area contributed by atoms with Crippen molar-refractivity contribution in [3.63, 3.8) is 0 Å². The topological polar surface area (TPSA) is 34.1 Å². The predicted molar refractivity (Wildman–Crippen MR) is 73.7 cm³/mol. The summed E-state index contributed by atoms with van der Waals surface area (Å²) in [5.74, 6) is 1.08. The summed E-state index contributed by atoms with van der Waals surface area (Å²) >= 11 is 0. The summed E-state index contributed by atoms with van der Waals surface area (Å²) in [7, 11) is 0. The average Bonchev–Trinajstić information content (AvgIpc) is 2.44. The van der Waals surface area contributed by atoms with E-state index >= 15 is 0 Å². The summed E-state index contributed by atoms with van der Waals surface area (Å²) in [6, 6.07) is 9.98. The molecular weight excluding hydrogens is 243 g/mol. The highest BCUT2D eigenvalue weighted by molar-refractivity contribution is 5.35. The maximum atomic E-state index is 13.0. The van der Waals surface area contributed by atoms with Gasteiger partial charge in [-0.1, -0.05) is 19.1 Å². The van der Waals surface area contributed by atoms with Crippen LogP contribution in [-0.4, -0.2) is 11.5 Å². The number of pyridine rings is 1. The molecule has 1 N–H and O–H groups in total. The van der Waals surface area contributed by atoms with Gasteiger partial charge >= 0.3 is 0 Å². The van der Waals surface area contributed by atoms with E-state index < -0.39 is 0 Å². The summed E-state index contributed by atoms with van der Waals surface area (Å²) in [4.78, 5) is 4.28. The third-order valence-electron chi connectivity index (χ3n) is 2.58. The highest BCUT2D eigenvalue weighted by Crippen LogP contribution is 2.14. The van der Waals surface area contributed by atoms with E-state index in [1.165, 1.54) is 12.1 Å². The van der Waals surface area contributed by atoms with Gasteiger partial charge in [0, 0.05) is 24.4 Å². The van der Waals surface area contributed by atoms with Crippen LogP contribution in [0.1, 0.15) is 18.9 Å². The first-order chi connectivity index (χ1) is 9.28. The summed E-state index contributed by atoms with van der Waals surface area (Å²) < 4.78 is 18.5. The van der Waals surface area contributed by atoms with Crippen molar-refractivity contribution in [1.29, 1.82) is 0 Å². The van der Waals surface area contributed by atoms with Crippen molar-refractivity contribution in [2.24, 2.45) is 0 Å². The number of anilines is 1. The third kappa shape index (κ3) is 4.25. The molecule has 1 aromatic heterocycles. The monoisotopic (exact) mass is 260 g/mol. The molecule has 0 aliphatic rings. The molecule has 4 heteroatoms. The molecule has 0 radical (unpaired) electrons. The zero-order valence-electron chi connectivity index (χ0n) is 10.9. The maximum Gasteiger partial charge on any atom is 0.126 e. The number of rotatable bonds is 6. The van der Waals surface area contributed by atoms with E-state index in [2.05, 4.69) is 17.2 Å². The van der Waals surface area contributed by atoms with Gasteiger partial charge in [-0.25, -0.2) is 9.37 Å². The van der Waals surface area contributed by atoms with Crippen molar-refractivity contribution in [1.82, 2.24) is 4.98 Å². The molecule has 0 aliphatic heterocycles. The Morgan fingerprint density at radius 1 is 1.26 bits per heavy atom. The van der Waals surface area contributed by atoms with Crippen molar-refractivity contribution in [3.8, 4) is 5.75 Å². The molecule has 19 heavy (non-hydrogen) atoms. The Balaban J connectivity index is 1.89. The lowest BCUT2D eigenvalue weighted by molar-refractivity contribution is 0.304. The van der Waals surface area contributed by atoms with E-state index in [0.29, 0.717) is 12.4 Å². The fourth-order valence-corrected chi connectivity index (χ4v) is 1.59. The zero-order chi connectivity index (χ0) is 13.5. The molecule has 0 unspecified atom stereocenters. The van der Waals surface area contributed by atoms with E-state index in [-0.39, 0.29) is 5.82 Å². The molecule has 0 saturated heterocycles. The second-order valence-electron chi connectivity index (χ2n) is 4.22. The van der Waals surface area contributed by atoms with Crippen LogP contribution in [0.4, 0.5) is 10.2 Å². The molecule has 3 nitrogen and oxygen atoms in total. The molecule has 2 rings (SSSR count). The first kappa shape index (κ1) is 13.3. The fraction of sp³-hybridized carbons (Fsp3) is 0.267. The highest BCUT2D eigenvalue weighted by atomic mass is 19.1. The van der Waals surface area contributed by atoms with Crippen LogP contribution in [-0.2, 0) is 6.61 Å².